The Labute approximate surface area is 115 Å². The van der Waals surface area contributed by atoms with E-state index < -0.39 is 0 Å². The third kappa shape index (κ3) is 2.15. The van der Waals surface area contributed by atoms with Gasteiger partial charge in [-0.3, -0.25) is 9.79 Å². The minimum Gasteiger partial charge on any atom is -0.367 e. The van der Waals surface area contributed by atoms with Crippen LogP contribution in [0.2, 0.25) is 5.15 Å². The molecule has 0 unspecified atom stereocenters. The third-order valence-electron chi connectivity index (χ3n) is 3.10. The second-order valence-corrected chi connectivity index (χ2v) is 4.82. The number of anilines is 1. The molecule has 19 heavy (non-hydrogen) atoms. The standard InChI is InChI=1S/C14H12ClN3O/c1-8-13-11(19)6-12(15)18-14(13)16-7-9-4-2-3-5-10(9)17-8/h2-6H,7H2,1H3,(H2,16,18,19). The van der Waals surface area contributed by atoms with Crippen molar-refractivity contribution in [2.45, 2.75) is 13.5 Å². The number of benzene rings is 1. The lowest BCUT2D eigenvalue weighted by molar-refractivity contribution is 1.09. The van der Waals surface area contributed by atoms with E-state index in [1.807, 2.05) is 31.2 Å². The predicted octanol–water partition coefficient (Wildman–Crippen LogP) is 3.09. The molecule has 0 saturated heterocycles. The van der Waals surface area contributed by atoms with Gasteiger partial charge >= 0.3 is 0 Å². The summed E-state index contributed by atoms with van der Waals surface area (Å²) in [5.41, 5.74) is 3.04. The number of nitrogens with zero attached hydrogens (tertiary/aromatic N) is 1. The lowest BCUT2D eigenvalue weighted by atomic mass is 10.1. The number of halogens is 1. The molecule has 2 heterocycles. The monoisotopic (exact) mass is 273 g/mol. The first-order valence-corrected chi connectivity index (χ1v) is 6.33. The zero-order valence-corrected chi connectivity index (χ0v) is 11.1. The molecule has 5 heteroatoms. The number of rotatable bonds is 0. The molecule has 0 fully saturated rings. The van der Waals surface area contributed by atoms with E-state index >= 15 is 0 Å². The fraction of sp³-hybridized carbons (Fsp3) is 0.143. The van der Waals surface area contributed by atoms with Gasteiger partial charge in [0.2, 0.25) is 0 Å². The van der Waals surface area contributed by atoms with Crippen molar-refractivity contribution in [3.63, 3.8) is 0 Å². The van der Waals surface area contributed by atoms with E-state index in [1.54, 1.807) is 0 Å². The van der Waals surface area contributed by atoms with E-state index in [0.29, 0.717) is 28.8 Å². The molecule has 0 atom stereocenters. The molecule has 2 N–H and O–H groups in total. The molecule has 0 radical (unpaired) electrons. The number of fused-ring (bicyclic) bond motifs is 2. The van der Waals surface area contributed by atoms with Gasteiger partial charge in [-0.15, -0.1) is 0 Å². The first kappa shape index (κ1) is 12.0. The minimum atomic E-state index is -0.133. The van der Waals surface area contributed by atoms with E-state index in [4.69, 9.17) is 11.6 Å². The number of hydrogen-bond donors (Lipinski definition) is 2. The lowest BCUT2D eigenvalue weighted by Gasteiger charge is -2.16. The molecule has 96 valence electrons. The van der Waals surface area contributed by atoms with Crippen molar-refractivity contribution < 1.29 is 0 Å². The van der Waals surface area contributed by atoms with Gasteiger partial charge in [-0.2, -0.15) is 0 Å². The Bertz CT molecular complexity index is 734. The summed E-state index contributed by atoms with van der Waals surface area (Å²) in [7, 11) is 0. The highest BCUT2D eigenvalue weighted by molar-refractivity contribution is 6.29. The summed E-state index contributed by atoms with van der Waals surface area (Å²) in [5, 5.41) is 3.53. The van der Waals surface area contributed by atoms with Crippen molar-refractivity contribution >= 4 is 28.8 Å². The van der Waals surface area contributed by atoms with Crippen LogP contribution in [-0.2, 0) is 6.54 Å². The topological polar surface area (TPSA) is 57.2 Å². The van der Waals surface area contributed by atoms with Crippen LogP contribution in [0.5, 0.6) is 0 Å². The van der Waals surface area contributed by atoms with Crippen molar-refractivity contribution in [2.75, 3.05) is 5.32 Å². The molecule has 0 saturated carbocycles. The van der Waals surface area contributed by atoms with Crippen LogP contribution in [0.15, 0.2) is 40.1 Å². The molecule has 0 bridgehead atoms. The molecule has 0 aliphatic carbocycles. The maximum atomic E-state index is 12.0. The fourth-order valence-corrected chi connectivity index (χ4v) is 2.40. The average Bonchev–Trinajstić information content (AvgIpc) is 2.35. The van der Waals surface area contributed by atoms with Crippen molar-refractivity contribution in [1.82, 2.24) is 4.98 Å². The molecule has 4 nitrogen and oxygen atoms in total. The van der Waals surface area contributed by atoms with E-state index in [-0.39, 0.29) is 5.43 Å². The van der Waals surface area contributed by atoms with Crippen LogP contribution in [0.25, 0.3) is 0 Å². The van der Waals surface area contributed by atoms with E-state index in [9.17, 15) is 4.79 Å². The highest BCUT2D eigenvalue weighted by Gasteiger charge is 2.15. The first-order valence-electron chi connectivity index (χ1n) is 5.95. The molecular weight excluding hydrogens is 262 g/mol. The molecule has 3 rings (SSSR count). The van der Waals surface area contributed by atoms with Gasteiger partial charge in [-0.25, -0.2) is 0 Å². The normalized spacial score (nSPS) is 13.5. The van der Waals surface area contributed by atoms with Gasteiger partial charge in [0, 0.05) is 12.6 Å². The molecule has 1 aliphatic heterocycles. The fourth-order valence-electron chi connectivity index (χ4n) is 2.21. The number of aliphatic imine (C=N–C) groups is 1. The van der Waals surface area contributed by atoms with Crippen LogP contribution < -0.4 is 10.7 Å². The van der Waals surface area contributed by atoms with Crippen LogP contribution in [0, 0.1) is 0 Å². The summed E-state index contributed by atoms with van der Waals surface area (Å²) < 4.78 is 0. The first-order chi connectivity index (χ1) is 9.15. The number of H-pyrrole nitrogens is 1. The Balaban J connectivity index is 2.25. The number of pyridine rings is 1. The Morgan fingerprint density at radius 3 is 2.95 bits per heavy atom. The minimum absolute atomic E-state index is 0.133. The molecule has 1 aromatic heterocycles. The Kier molecular flexibility index (Phi) is 2.87. The molecule has 1 aromatic carbocycles. The van der Waals surface area contributed by atoms with E-state index in [1.165, 1.54) is 6.07 Å². The lowest BCUT2D eigenvalue weighted by Crippen LogP contribution is -2.19. The van der Waals surface area contributed by atoms with Crippen LogP contribution in [0.1, 0.15) is 18.1 Å². The summed E-state index contributed by atoms with van der Waals surface area (Å²) in [4.78, 5) is 19.6. The molecule has 2 aromatic rings. The number of nitrogens with one attached hydrogen (secondary N) is 2. The zero-order chi connectivity index (χ0) is 13.4. The SMILES string of the molecule is CC1=Nc2ccccc2CNc2[nH]c(Cl)cc(=O)c21. The second kappa shape index (κ2) is 4.55. The van der Waals surface area contributed by atoms with Gasteiger partial charge in [0.25, 0.3) is 0 Å². The van der Waals surface area contributed by atoms with Gasteiger partial charge < -0.3 is 10.3 Å². The van der Waals surface area contributed by atoms with Gasteiger partial charge in [0.15, 0.2) is 5.43 Å². The number of para-hydroxylation sites is 1. The summed E-state index contributed by atoms with van der Waals surface area (Å²) in [6.45, 7) is 2.42. The molecule has 1 aliphatic rings. The zero-order valence-electron chi connectivity index (χ0n) is 10.3. The van der Waals surface area contributed by atoms with Gasteiger partial charge in [0.1, 0.15) is 11.0 Å². The molecular formula is C14H12ClN3O. The van der Waals surface area contributed by atoms with E-state index in [2.05, 4.69) is 15.3 Å². The summed E-state index contributed by atoms with van der Waals surface area (Å²) >= 11 is 5.89. The maximum Gasteiger partial charge on any atom is 0.194 e. The van der Waals surface area contributed by atoms with Gasteiger partial charge in [0.05, 0.1) is 17.0 Å². The summed E-state index contributed by atoms with van der Waals surface area (Å²) in [6, 6.07) is 9.22. The Hall–Kier alpha value is -2.07. The van der Waals surface area contributed by atoms with Gasteiger partial charge in [-0.05, 0) is 18.6 Å². The highest BCUT2D eigenvalue weighted by atomic mass is 35.5. The van der Waals surface area contributed by atoms with Crippen molar-refractivity contribution in [3.05, 3.63) is 56.8 Å². The van der Waals surface area contributed by atoms with Crippen LogP contribution in [0.3, 0.4) is 0 Å². The van der Waals surface area contributed by atoms with Crippen LogP contribution in [-0.4, -0.2) is 10.7 Å². The summed E-state index contributed by atoms with van der Waals surface area (Å²) in [6.07, 6.45) is 0. The quantitative estimate of drug-likeness (QED) is 0.725. The third-order valence-corrected chi connectivity index (χ3v) is 3.30. The van der Waals surface area contributed by atoms with E-state index in [0.717, 1.165) is 11.3 Å². The maximum absolute atomic E-state index is 12.0. The van der Waals surface area contributed by atoms with Crippen LogP contribution >= 0.6 is 11.6 Å². The van der Waals surface area contributed by atoms with Gasteiger partial charge in [-0.1, -0.05) is 29.8 Å². The smallest absolute Gasteiger partial charge is 0.194 e. The number of aromatic amines is 1. The largest absolute Gasteiger partial charge is 0.367 e. The van der Waals surface area contributed by atoms with Crippen LogP contribution in [0.4, 0.5) is 11.5 Å². The van der Waals surface area contributed by atoms with Crippen molar-refractivity contribution in [2.24, 2.45) is 4.99 Å². The Morgan fingerprint density at radius 2 is 2.11 bits per heavy atom. The number of aromatic nitrogens is 1. The highest BCUT2D eigenvalue weighted by Crippen LogP contribution is 2.25. The van der Waals surface area contributed by atoms with Crippen molar-refractivity contribution in [1.29, 1.82) is 0 Å². The molecule has 0 spiro atoms. The second-order valence-electron chi connectivity index (χ2n) is 4.41. The Morgan fingerprint density at radius 1 is 1.32 bits per heavy atom. The summed E-state index contributed by atoms with van der Waals surface area (Å²) in [5.74, 6) is 0.619. The molecule has 0 amide bonds. The predicted molar refractivity (Wildman–Crippen MR) is 77.7 cm³/mol. The average molecular weight is 274 g/mol. The van der Waals surface area contributed by atoms with Crippen molar-refractivity contribution in [3.8, 4) is 0 Å². The number of hydrogen-bond acceptors (Lipinski definition) is 3.